The monoisotopic (exact) mass is 422 g/mol. The number of carbonyl (C=O) groups is 2. The van der Waals surface area contributed by atoms with Gasteiger partial charge >= 0.3 is 0 Å². The largest absolute Gasteiger partial charge is 0.299 e. The lowest BCUT2D eigenvalue weighted by molar-refractivity contribution is -0.132. The number of benzene rings is 1. The van der Waals surface area contributed by atoms with E-state index in [0.717, 1.165) is 56.8 Å². The highest BCUT2D eigenvalue weighted by atomic mass is 16.1. The highest BCUT2D eigenvalue weighted by Crippen LogP contribution is 2.40. The molecular weight excluding hydrogens is 380 g/mol. The van der Waals surface area contributed by atoms with Gasteiger partial charge in [-0.25, -0.2) is 0 Å². The zero-order chi connectivity index (χ0) is 21.6. The average Bonchev–Trinajstić information content (AvgIpc) is 2.76. The van der Waals surface area contributed by atoms with Crippen molar-refractivity contribution in [2.75, 3.05) is 0 Å². The first kappa shape index (κ1) is 22.7. The van der Waals surface area contributed by atoms with Crippen LogP contribution in [0.5, 0.6) is 0 Å². The van der Waals surface area contributed by atoms with Crippen molar-refractivity contribution in [3.63, 3.8) is 0 Å². The maximum atomic E-state index is 13.0. The summed E-state index contributed by atoms with van der Waals surface area (Å²) in [6.07, 6.45) is 16.9. The predicted molar refractivity (Wildman–Crippen MR) is 127 cm³/mol. The van der Waals surface area contributed by atoms with Crippen LogP contribution in [0.4, 0.5) is 0 Å². The minimum atomic E-state index is 0.133. The Morgan fingerprint density at radius 2 is 1.29 bits per heavy atom. The zero-order valence-corrected chi connectivity index (χ0v) is 19.6. The van der Waals surface area contributed by atoms with Crippen LogP contribution in [0, 0.1) is 36.5 Å². The van der Waals surface area contributed by atoms with Gasteiger partial charge in [0, 0.05) is 11.8 Å². The number of hydrogen-bond acceptors (Lipinski definition) is 2. The second-order valence-corrected chi connectivity index (χ2v) is 11.0. The fourth-order valence-electron chi connectivity index (χ4n) is 6.85. The van der Waals surface area contributed by atoms with Crippen molar-refractivity contribution in [2.24, 2.45) is 29.6 Å². The van der Waals surface area contributed by atoms with Crippen molar-refractivity contribution in [3.05, 3.63) is 35.4 Å². The first-order valence-electron chi connectivity index (χ1n) is 13.2. The summed E-state index contributed by atoms with van der Waals surface area (Å²) in [4.78, 5) is 25.9. The molecule has 3 saturated carbocycles. The number of hydrogen-bond donors (Lipinski definition) is 0. The number of rotatable bonds is 6. The van der Waals surface area contributed by atoms with Gasteiger partial charge in [0.05, 0.1) is 6.42 Å². The van der Waals surface area contributed by atoms with Gasteiger partial charge in [-0.1, -0.05) is 62.8 Å². The van der Waals surface area contributed by atoms with Gasteiger partial charge in [0.25, 0.3) is 0 Å². The van der Waals surface area contributed by atoms with E-state index in [2.05, 4.69) is 31.2 Å². The van der Waals surface area contributed by atoms with Crippen LogP contribution in [0.3, 0.4) is 0 Å². The van der Waals surface area contributed by atoms with Gasteiger partial charge in [0.2, 0.25) is 0 Å². The number of aryl methyl sites for hydroxylation is 1. The van der Waals surface area contributed by atoms with Crippen LogP contribution >= 0.6 is 0 Å². The SMILES string of the molecule is Cc1ccccc1CC1CCC(C(=O)CC(=O)C2CCCC3CCCCC3CC2)CC1. The molecule has 4 rings (SSSR count). The first-order valence-corrected chi connectivity index (χ1v) is 13.2. The summed E-state index contributed by atoms with van der Waals surface area (Å²) < 4.78 is 0. The van der Waals surface area contributed by atoms with Gasteiger partial charge < -0.3 is 0 Å². The van der Waals surface area contributed by atoms with E-state index in [4.69, 9.17) is 0 Å². The van der Waals surface area contributed by atoms with Crippen molar-refractivity contribution in [1.29, 1.82) is 0 Å². The minimum absolute atomic E-state index is 0.133. The van der Waals surface area contributed by atoms with Crippen molar-refractivity contribution in [3.8, 4) is 0 Å². The average molecular weight is 423 g/mol. The Hall–Kier alpha value is -1.44. The Bertz CT molecular complexity index is 743. The summed E-state index contributed by atoms with van der Waals surface area (Å²) >= 11 is 0. The molecule has 0 amide bonds. The molecule has 3 aliphatic rings. The predicted octanol–water partition coefficient (Wildman–Crippen LogP) is 7.26. The third-order valence-electron chi connectivity index (χ3n) is 8.96. The van der Waals surface area contributed by atoms with Crippen molar-refractivity contribution >= 4 is 11.6 Å². The van der Waals surface area contributed by atoms with Crippen LogP contribution in [-0.4, -0.2) is 11.6 Å². The lowest BCUT2D eigenvalue weighted by atomic mass is 9.70. The fourth-order valence-corrected chi connectivity index (χ4v) is 6.85. The molecule has 3 atom stereocenters. The van der Waals surface area contributed by atoms with Gasteiger partial charge in [-0.3, -0.25) is 9.59 Å². The second-order valence-electron chi connectivity index (χ2n) is 11.0. The van der Waals surface area contributed by atoms with E-state index in [-0.39, 0.29) is 29.8 Å². The normalized spacial score (nSPS) is 31.8. The molecule has 170 valence electrons. The molecule has 3 aliphatic carbocycles. The highest BCUT2D eigenvalue weighted by molar-refractivity contribution is 6.01. The van der Waals surface area contributed by atoms with Crippen LogP contribution in [0.2, 0.25) is 0 Å². The van der Waals surface area contributed by atoms with E-state index in [1.54, 1.807) is 0 Å². The molecule has 1 aromatic carbocycles. The topological polar surface area (TPSA) is 34.1 Å². The molecule has 0 aromatic heterocycles. The van der Waals surface area contributed by atoms with Gasteiger partial charge in [0.1, 0.15) is 11.6 Å². The second kappa shape index (κ2) is 10.9. The molecule has 0 saturated heterocycles. The van der Waals surface area contributed by atoms with Crippen LogP contribution in [-0.2, 0) is 16.0 Å². The molecule has 0 heterocycles. The lowest BCUT2D eigenvalue weighted by Gasteiger charge is -2.35. The fraction of sp³-hybridized carbons (Fsp3) is 0.724. The summed E-state index contributed by atoms with van der Waals surface area (Å²) in [6.45, 7) is 2.19. The zero-order valence-electron chi connectivity index (χ0n) is 19.6. The molecule has 3 fully saturated rings. The summed E-state index contributed by atoms with van der Waals surface area (Å²) in [5, 5.41) is 0. The molecule has 3 unspecified atom stereocenters. The Balaban J connectivity index is 1.22. The number of ketones is 2. The molecule has 0 aliphatic heterocycles. The number of Topliss-reactive ketones (excluding diaryl/α,β-unsaturated/α-hetero) is 2. The Morgan fingerprint density at radius 1 is 0.710 bits per heavy atom. The van der Waals surface area contributed by atoms with E-state index >= 15 is 0 Å². The highest BCUT2D eigenvalue weighted by Gasteiger charge is 2.32. The minimum Gasteiger partial charge on any atom is -0.299 e. The van der Waals surface area contributed by atoms with Gasteiger partial charge in [0.15, 0.2) is 0 Å². The van der Waals surface area contributed by atoms with Crippen molar-refractivity contribution in [2.45, 2.75) is 103 Å². The van der Waals surface area contributed by atoms with E-state index in [1.807, 2.05) is 0 Å². The van der Waals surface area contributed by atoms with Crippen LogP contribution < -0.4 is 0 Å². The van der Waals surface area contributed by atoms with Gasteiger partial charge in [-0.05, 0) is 87.2 Å². The number of fused-ring (bicyclic) bond motifs is 1. The third-order valence-corrected chi connectivity index (χ3v) is 8.96. The molecule has 31 heavy (non-hydrogen) atoms. The smallest absolute Gasteiger partial charge is 0.143 e. The summed E-state index contributed by atoms with van der Waals surface area (Å²) in [5.41, 5.74) is 2.84. The quantitative estimate of drug-likeness (QED) is 0.452. The van der Waals surface area contributed by atoms with E-state index < -0.39 is 0 Å². The molecule has 0 radical (unpaired) electrons. The summed E-state index contributed by atoms with van der Waals surface area (Å²) in [6, 6.07) is 8.68. The van der Waals surface area contributed by atoms with Crippen LogP contribution in [0.1, 0.15) is 101 Å². The maximum absolute atomic E-state index is 13.0. The lowest BCUT2D eigenvalue weighted by Crippen LogP contribution is -2.29. The Kier molecular flexibility index (Phi) is 8.02. The van der Waals surface area contributed by atoms with Gasteiger partial charge in [-0.15, -0.1) is 0 Å². The molecular formula is C29H42O2. The van der Waals surface area contributed by atoms with Crippen LogP contribution in [0.25, 0.3) is 0 Å². The number of carbonyl (C=O) groups excluding carboxylic acids is 2. The Morgan fingerprint density at radius 3 is 2.00 bits per heavy atom. The molecule has 0 spiro atoms. The van der Waals surface area contributed by atoms with E-state index in [9.17, 15) is 9.59 Å². The first-order chi connectivity index (χ1) is 15.1. The molecule has 0 bridgehead atoms. The Labute approximate surface area is 189 Å². The summed E-state index contributed by atoms with van der Waals surface area (Å²) in [5.74, 6) is 3.26. The van der Waals surface area contributed by atoms with E-state index in [1.165, 1.54) is 56.1 Å². The summed E-state index contributed by atoms with van der Waals surface area (Å²) in [7, 11) is 0. The van der Waals surface area contributed by atoms with Crippen molar-refractivity contribution < 1.29 is 9.59 Å². The van der Waals surface area contributed by atoms with Gasteiger partial charge in [-0.2, -0.15) is 0 Å². The molecule has 2 heteroatoms. The third kappa shape index (κ3) is 6.08. The standard InChI is InChI=1S/C29H42O2/c1-21-7-2-3-10-27(21)19-22-13-15-26(16-14-22)29(31)20-28(30)25-12-6-11-23-8-4-5-9-24(23)17-18-25/h2-3,7,10,22-26H,4-6,8-9,11-20H2,1H3. The maximum Gasteiger partial charge on any atom is 0.143 e. The van der Waals surface area contributed by atoms with Crippen LogP contribution in [0.15, 0.2) is 24.3 Å². The molecule has 1 aromatic rings. The molecule has 2 nitrogen and oxygen atoms in total. The molecule has 0 N–H and O–H groups in total. The van der Waals surface area contributed by atoms with Crippen molar-refractivity contribution in [1.82, 2.24) is 0 Å². The van der Waals surface area contributed by atoms with E-state index in [0.29, 0.717) is 5.92 Å².